The smallest absolute Gasteiger partial charge is 0.227 e. The zero-order valence-electron chi connectivity index (χ0n) is 28.8. The topological polar surface area (TPSA) is 77.8 Å². The number of furan rings is 1. The van der Waals surface area contributed by atoms with Gasteiger partial charge in [-0.25, -0.2) is 19.9 Å². The Kier molecular flexibility index (Phi) is 6.75. The molecule has 252 valence electrons. The second-order valence-corrected chi connectivity index (χ2v) is 13.4. The third-order valence-corrected chi connectivity index (χ3v) is 10.1. The van der Waals surface area contributed by atoms with Crippen LogP contribution < -0.4 is 0 Å². The molecular formula is C48H28N4O2. The average Bonchev–Trinajstić information content (AvgIpc) is 3.86. The third kappa shape index (κ3) is 4.96. The quantitative estimate of drug-likeness (QED) is 0.167. The molecule has 0 spiro atoms. The van der Waals surface area contributed by atoms with Gasteiger partial charge in [0.1, 0.15) is 16.7 Å². The predicted molar refractivity (Wildman–Crippen MR) is 217 cm³/mol. The molecule has 54 heavy (non-hydrogen) atoms. The zero-order valence-corrected chi connectivity index (χ0v) is 28.8. The van der Waals surface area contributed by atoms with Crippen molar-refractivity contribution in [3.05, 3.63) is 170 Å². The van der Waals surface area contributed by atoms with E-state index in [0.717, 1.165) is 88.0 Å². The summed E-state index contributed by atoms with van der Waals surface area (Å²) in [7, 11) is 0. The highest BCUT2D eigenvalue weighted by atomic mass is 16.3. The van der Waals surface area contributed by atoms with E-state index in [1.165, 1.54) is 0 Å². The number of hydrogen-bond donors (Lipinski definition) is 0. The Hall–Kier alpha value is -7.44. The Labute approximate surface area is 309 Å². The molecule has 0 saturated carbocycles. The van der Waals surface area contributed by atoms with Gasteiger partial charge in [0, 0.05) is 38.4 Å². The predicted octanol–water partition coefficient (Wildman–Crippen LogP) is 12.6. The number of aromatic nitrogens is 4. The summed E-state index contributed by atoms with van der Waals surface area (Å²) >= 11 is 0. The minimum absolute atomic E-state index is 0.568. The summed E-state index contributed by atoms with van der Waals surface area (Å²) in [4.78, 5) is 20.4. The number of para-hydroxylation sites is 1. The molecule has 0 radical (unpaired) electrons. The van der Waals surface area contributed by atoms with Crippen LogP contribution in [0.1, 0.15) is 0 Å². The molecule has 0 N–H and O–H groups in total. The zero-order chi connectivity index (χ0) is 35.6. The van der Waals surface area contributed by atoms with Gasteiger partial charge < -0.3 is 8.83 Å². The second-order valence-electron chi connectivity index (χ2n) is 13.4. The van der Waals surface area contributed by atoms with Crippen LogP contribution >= 0.6 is 0 Å². The number of benzene rings is 8. The summed E-state index contributed by atoms with van der Waals surface area (Å²) in [6, 6.07) is 57.7. The molecule has 6 heteroatoms. The molecule has 0 bridgehead atoms. The fourth-order valence-corrected chi connectivity index (χ4v) is 7.55. The first-order valence-electron chi connectivity index (χ1n) is 17.9. The Morgan fingerprint density at radius 1 is 0.352 bits per heavy atom. The fraction of sp³-hybridized carbons (Fsp3) is 0. The maximum absolute atomic E-state index is 6.53. The van der Waals surface area contributed by atoms with Crippen LogP contribution in [0.2, 0.25) is 0 Å². The molecule has 0 amide bonds. The molecule has 11 rings (SSSR count). The van der Waals surface area contributed by atoms with Crippen LogP contribution in [0.15, 0.2) is 179 Å². The van der Waals surface area contributed by atoms with Gasteiger partial charge in [-0.2, -0.15) is 0 Å². The normalized spacial score (nSPS) is 11.7. The van der Waals surface area contributed by atoms with E-state index in [2.05, 4.69) is 97.1 Å². The van der Waals surface area contributed by atoms with Gasteiger partial charge in [-0.15, -0.1) is 0 Å². The number of nitrogens with zero attached hydrogens (tertiary/aromatic N) is 4. The Balaban J connectivity index is 1.15. The first-order chi connectivity index (χ1) is 26.7. The summed E-state index contributed by atoms with van der Waals surface area (Å²) in [5.41, 5.74) is 8.95. The molecule has 0 aliphatic heterocycles. The second kappa shape index (κ2) is 12.1. The van der Waals surface area contributed by atoms with Crippen LogP contribution in [0.5, 0.6) is 0 Å². The summed E-state index contributed by atoms with van der Waals surface area (Å²) in [6.07, 6.45) is 0. The maximum Gasteiger partial charge on any atom is 0.227 e. The van der Waals surface area contributed by atoms with Gasteiger partial charge in [-0.05, 0) is 69.8 Å². The lowest BCUT2D eigenvalue weighted by Gasteiger charge is -2.11. The van der Waals surface area contributed by atoms with Gasteiger partial charge in [-0.3, -0.25) is 0 Å². The molecule has 0 saturated heterocycles. The molecule has 0 unspecified atom stereocenters. The maximum atomic E-state index is 6.53. The van der Waals surface area contributed by atoms with Crippen molar-refractivity contribution in [1.29, 1.82) is 0 Å². The van der Waals surface area contributed by atoms with Crippen molar-refractivity contribution in [1.82, 2.24) is 19.9 Å². The Morgan fingerprint density at radius 3 is 1.83 bits per heavy atom. The summed E-state index contributed by atoms with van der Waals surface area (Å²) < 4.78 is 12.8. The molecule has 11 aromatic rings. The largest absolute Gasteiger partial charge is 0.456 e. The van der Waals surface area contributed by atoms with E-state index in [9.17, 15) is 0 Å². The number of hydrogen-bond acceptors (Lipinski definition) is 6. The highest BCUT2D eigenvalue weighted by Crippen LogP contribution is 2.39. The molecule has 0 atom stereocenters. The van der Waals surface area contributed by atoms with Crippen LogP contribution in [-0.2, 0) is 0 Å². The molecule has 0 aliphatic carbocycles. The first-order valence-corrected chi connectivity index (χ1v) is 17.9. The molecule has 0 fully saturated rings. The van der Waals surface area contributed by atoms with Crippen LogP contribution in [0, 0.1) is 0 Å². The van der Waals surface area contributed by atoms with E-state index < -0.39 is 0 Å². The minimum Gasteiger partial charge on any atom is -0.456 e. The highest BCUT2D eigenvalue weighted by Gasteiger charge is 2.19. The molecule has 6 nitrogen and oxygen atoms in total. The van der Waals surface area contributed by atoms with E-state index >= 15 is 0 Å². The van der Waals surface area contributed by atoms with Crippen LogP contribution in [-0.4, -0.2) is 19.9 Å². The average molecular weight is 693 g/mol. The van der Waals surface area contributed by atoms with Crippen LogP contribution in [0.4, 0.5) is 0 Å². The van der Waals surface area contributed by atoms with Gasteiger partial charge in [0.2, 0.25) is 5.89 Å². The molecular weight excluding hydrogens is 665 g/mol. The van der Waals surface area contributed by atoms with Gasteiger partial charge in [-0.1, -0.05) is 127 Å². The number of fused-ring (bicyclic) bond motifs is 8. The Bertz CT molecular complexity index is 3220. The lowest BCUT2D eigenvalue weighted by Crippen LogP contribution is -2.00. The van der Waals surface area contributed by atoms with Crippen LogP contribution in [0.3, 0.4) is 0 Å². The van der Waals surface area contributed by atoms with E-state index in [1.54, 1.807) is 0 Å². The van der Waals surface area contributed by atoms with Gasteiger partial charge in [0.05, 0.1) is 0 Å². The molecule has 0 aliphatic rings. The van der Waals surface area contributed by atoms with Crippen molar-refractivity contribution in [2.75, 3.05) is 0 Å². The standard InChI is InChI=1S/C48H28N4O2/c1-3-11-29(12-4-1)33-15-9-16-34(27-33)45-50-46(52-47(51-45)37-18-10-20-41-43(37)36-17-7-8-19-40(36)53-41)35-24-22-30-21-23-31-25-26-39-44(42(31)38(30)28-35)54-48(49-39)32-13-5-2-6-14-32/h1-28H. The molecule has 8 aromatic carbocycles. The van der Waals surface area contributed by atoms with E-state index in [1.807, 2.05) is 72.8 Å². The SMILES string of the molecule is c1ccc(-c2cccc(-c3nc(-c4ccc5ccc6ccc7nc(-c8ccccc8)oc7c6c5c4)nc(-c4cccc5oc6ccccc6c45)n3)c2)cc1. The highest BCUT2D eigenvalue weighted by molar-refractivity contribution is 6.18. The van der Waals surface area contributed by atoms with Gasteiger partial charge >= 0.3 is 0 Å². The summed E-state index contributed by atoms with van der Waals surface area (Å²) in [6.45, 7) is 0. The van der Waals surface area contributed by atoms with Crippen molar-refractivity contribution in [3.63, 3.8) is 0 Å². The fourth-order valence-electron chi connectivity index (χ4n) is 7.55. The van der Waals surface area contributed by atoms with E-state index in [-0.39, 0.29) is 0 Å². The lowest BCUT2D eigenvalue weighted by atomic mass is 9.99. The van der Waals surface area contributed by atoms with Crippen molar-refractivity contribution in [2.24, 2.45) is 0 Å². The van der Waals surface area contributed by atoms with E-state index in [4.69, 9.17) is 28.8 Å². The Morgan fingerprint density at radius 2 is 0.981 bits per heavy atom. The third-order valence-electron chi connectivity index (χ3n) is 10.1. The van der Waals surface area contributed by atoms with E-state index in [0.29, 0.717) is 23.4 Å². The number of oxazole rings is 1. The first kappa shape index (κ1) is 30.2. The number of rotatable bonds is 5. The monoisotopic (exact) mass is 692 g/mol. The van der Waals surface area contributed by atoms with Crippen LogP contribution in [0.25, 0.3) is 111 Å². The van der Waals surface area contributed by atoms with Crippen molar-refractivity contribution in [3.8, 4) is 56.7 Å². The van der Waals surface area contributed by atoms with Crippen molar-refractivity contribution >= 4 is 54.6 Å². The van der Waals surface area contributed by atoms with Gasteiger partial charge in [0.15, 0.2) is 23.1 Å². The van der Waals surface area contributed by atoms with Crippen molar-refractivity contribution < 1.29 is 8.83 Å². The van der Waals surface area contributed by atoms with Gasteiger partial charge in [0.25, 0.3) is 0 Å². The molecule has 3 aromatic heterocycles. The summed E-state index contributed by atoms with van der Waals surface area (Å²) in [5, 5.41) is 6.17. The minimum atomic E-state index is 0.568. The lowest BCUT2D eigenvalue weighted by molar-refractivity contribution is 0.623. The summed E-state index contributed by atoms with van der Waals surface area (Å²) in [5.74, 6) is 2.32. The molecule has 3 heterocycles. The van der Waals surface area contributed by atoms with Crippen molar-refractivity contribution in [2.45, 2.75) is 0 Å².